The van der Waals surface area contributed by atoms with Crippen LogP contribution >= 0.6 is 0 Å². The van der Waals surface area contributed by atoms with E-state index in [1.807, 2.05) is 0 Å². The predicted octanol–water partition coefficient (Wildman–Crippen LogP) is 2.82. The van der Waals surface area contributed by atoms with Crippen LogP contribution in [0.1, 0.15) is 13.3 Å². The molecular formula is C22H24F3N9O. The van der Waals surface area contributed by atoms with Gasteiger partial charge in [0.15, 0.2) is 11.5 Å². The Bertz CT molecular complexity index is 1400. The van der Waals surface area contributed by atoms with Crippen LogP contribution in [0.5, 0.6) is 0 Å². The second-order valence-electron chi connectivity index (χ2n) is 8.41. The third-order valence-electron chi connectivity index (χ3n) is 6.16. The zero-order valence-electron chi connectivity index (χ0n) is 19.2. The molecule has 2 N–H and O–H groups in total. The minimum Gasteiger partial charge on any atom is -0.371 e. The van der Waals surface area contributed by atoms with Gasteiger partial charge in [0.25, 0.3) is 5.92 Å². The predicted molar refractivity (Wildman–Crippen MR) is 124 cm³/mol. The highest BCUT2D eigenvalue weighted by molar-refractivity contribution is 5.89. The first-order chi connectivity index (χ1) is 16.8. The highest BCUT2D eigenvalue weighted by Crippen LogP contribution is 2.32. The maximum absolute atomic E-state index is 14.7. The number of nitrogens with zero attached hydrogens (tertiary/aromatic N) is 7. The van der Waals surface area contributed by atoms with Crippen molar-refractivity contribution in [2.45, 2.75) is 31.9 Å². The van der Waals surface area contributed by atoms with Crippen molar-refractivity contribution in [3.05, 3.63) is 30.7 Å². The molecular weight excluding hydrogens is 463 g/mol. The quantitative estimate of drug-likeness (QED) is 0.431. The number of amides is 1. The van der Waals surface area contributed by atoms with Gasteiger partial charge in [-0.05, 0) is 24.6 Å². The lowest BCUT2D eigenvalue weighted by atomic mass is 10.0. The fourth-order valence-electron chi connectivity index (χ4n) is 4.35. The molecule has 0 radical (unpaired) electrons. The van der Waals surface area contributed by atoms with E-state index in [1.54, 1.807) is 46.9 Å². The van der Waals surface area contributed by atoms with E-state index >= 15 is 0 Å². The topological polar surface area (TPSA) is 105 Å². The van der Waals surface area contributed by atoms with Gasteiger partial charge >= 0.3 is 0 Å². The number of hydrogen-bond donors (Lipinski definition) is 2. The van der Waals surface area contributed by atoms with Crippen molar-refractivity contribution < 1.29 is 18.0 Å². The normalized spacial score (nSPS) is 17.7. The average Bonchev–Trinajstić information content (AvgIpc) is 3.44. The first-order valence-electron chi connectivity index (χ1n) is 11.2. The number of halogens is 3. The molecule has 1 saturated heterocycles. The molecule has 0 saturated carbocycles. The molecule has 0 bridgehead atoms. The molecule has 184 valence electrons. The number of fused-ring (bicyclic) bond motifs is 2. The maximum atomic E-state index is 14.7. The molecule has 4 aromatic heterocycles. The number of anilines is 2. The van der Waals surface area contributed by atoms with Crippen LogP contribution in [0, 0.1) is 0 Å². The summed E-state index contributed by atoms with van der Waals surface area (Å²) in [5.74, 6) is -3.05. The van der Waals surface area contributed by atoms with E-state index in [9.17, 15) is 18.0 Å². The molecule has 0 spiro atoms. The van der Waals surface area contributed by atoms with Gasteiger partial charge in [-0.1, -0.05) is 0 Å². The van der Waals surface area contributed by atoms with Crippen LogP contribution in [0.2, 0.25) is 0 Å². The highest BCUT2D eigenvalue weighted by atomic mass is 19.3. The number of carbonyl (C=O) groups is 1. The van der Waals surface area contributed by atoms with Crippen LogP contribution < -0.4 is 10.6 Å². The summed E-state index contributed by atoms with van der Waals surface area (Å²) in [6.07, 6.45) is 3.31. The van der Waals surface area contributed by atoms with Gasteiger partial charge in [0.2, 0.25) is 11.9 Å². The molecule has 5 rings (SSSR count). The van der Waals surface area contributed by atoms with Gasteiger partial charge in [-0.3, -0.25) is 4.79 Å². The van der Waals surface area contributed by atoms with Gasteiger partial charge in [0, 0.05) is 32.3 Å². The van der Waals surface area contributed by atoms with Crippen LogP contribution in [-0.2, 0) is 11.3 Å². The van der Waals surface area contributed by atoms with Gasteiger partial charge in [0.05, 0.1) is 31.2 Å². The highest BCUT2D eigenvalue weighted by Gasteiger charge is 2.45. The number of rotatable bonds is 6. The van der Waals surface area contributed by atoms with Crippen molar-refractivity contribution in [1.82, 2.24) is 34.0 Å². The van der Waals surface area contributed by atoms with E-state index in [0.717, 1.165) is 10.5 Å². The number of pyridine rings is 1. The van der Waals surface area contributed by atoms with Crippen LogP contribution in [0.15, 0.2) is 30.7 Å². The standard InChI is InChI=1S/C22H24F3N9O/c1-13(35)32-8-6-17(22(24,25)11-32)29-21-30-19(26-2)18-14(5-9-34(18)31-21)15-3-4-16-20(28-15)33(10-7-23)12-27-16/h3-5,9,12,17H,6-8,10-11H2,1-2H3,(H2,26,29,30,31)/t17-/m1/s1. The van der Waals surface area contributed by atoms with E-state index in [2.05, 4.69) is 30.7 Å². The smallest absolute Gasteiger partial charge is 0.285 e. The zero-order chi connectivity index (χ0) is 24.7. The SMILES string of the molecule is CNc1nc(N[C@@H]2CCN(C(C)=O)CC2(F)F)nn2ccc(-c3ccc4ncn(CCF)c4n3)c12. The summed E-state index contributed by atoms with van der Waals surface area (Å²) in [4.78, 5) is 26.0. The van der Waals surface area contributed by atoms with Gasteiger partial charge in [-0.2, -0.15) is 4.98 Å². The maximum Gasteiger partial charge on any atom is 0.285 e. The third kappa shape index (κ3) is 4.10. The first kappa shape index (κ1) is 22.9. The lowest BCUT2D eigenvalue weighted by Gasteiger charge is -2.38. The van der Waals surface area contributed by atoms with E-state index in [0.29, 0.717) is 28.2 Å². The van der Waals surface area contributed by atoms with Gasteiger partial charge in [-0.25, -0.2) is 27.7 Å². The number of piperidine rings is 1. The Morgan fingerprint density at radius 3 is 2.80 bits per heavy atom. The van der Waals surface area contributed by atoms with Crippen LogP contribution in [0.3, 0.4) is 0 Å². The molecule has 4 aromatic rings. The average molecular weight is 487 g/mol. The Labute approximate surface area is 198 Å². The van der Waals surface area contributed by atoms with E-state index in [4.69, 9.17) is 0 Å². The molecule has 1 fully saturated rings. The Kier molecular flexibility index (Phi) is 5.69. The second kappa shape index (κ2) is 8.71. The number of nitrogens with one attached hydrogen (secondary N) is 2. The summed E-state index contributed by atoms with van der Waals surface area (Å²) >= 11 is 0. The Morgan fingerprint density at radius 2 is 2.09 bits per heavy atom. The molecule has 35 heavy (non-hydrogen) atoms. The molecule has 0 unspecified atom stereocenters. The zero-order valence-corrected chi connectivity index (χ0v) is 19.2. The second-order valence-corrected chi connectivity index (χ2v) is 8.41. The third-order valence-corrected chi connectivity index (χ3v) is 6.16. The van der Waals surface area contributed by atoms with Crippen molar-refractivity contribution in [2.24, 2.45) is 0 Å². The molecule has 1 amide bonds. The van der Waals surface area contributed by atoms with E-state index in [1.165, 1.54) is 6.92 Å². The summed E-state index contributed by atoms with van der Waals surface area (Å²) in [6.45, 7) is 0.476. The molecule has 1 aliphatic rings. The summed E-state index contributed by atoms with van der Waals surface area (Å²) in [7, 11) is 1.68. The minimum absolute atomic E-state index is 0.0365. The summed E-state index contributed by atoms with van der Waals surface area (Å²) in [5.41, 5.74) is 3.16. The Balaban J connectivity index is 1.49. The number of aryl methyl sites for hydroxylation is 1. The fourth-order valence-corrected chi connectivity index (χ4v) is 4.35. The number of aromatic nitrogens is 6. The Hall–Kier alpha value is -3.90. The van der Waals surface area contributed by atoms with Crippen molar-refractivity contribution in [3.63, 3.8) is 0 Å². The number of carbonyl (C=O) groups excluding carboxylic acids is 1. The molecule has 10 nitrogen and oxygen atoms in total. The number of alkyl halides is 3. The van der Waals surface area contributed by atoms with E-state index in [-0.39, 0.29) is 31.4 Å². The first-order valence-corrected chi connectivity index (χ1v) is 11.2. The lowest BCUT2D eigenvalue weighted by Crippen LogP contribution is -2.55. The molecule has 5 heterocycles. The number of imidazole rings is 1. The minimum atomic E-state index is -3.13. The lowest BCUT2D eigenvalue weighted by molar-refractivity contribution is -0.140. The summed E-state index contributed by atoms with van der Waals surface area (Å²) in [5, 5.41) is 10.1. The van der Waals surface area contributed by atoms with Crippen LogP contribution in [-0.4, -0.2) is 78.7 Å². The fraction of sp³-hybridized carbons (Fsp3) is 0.409. The van der Waals surface area contributed by atoms with Gasteiger partial charge < -0.3 is 20.1 Å². The largest absolute Gasteiger partial charge is 0.371 e. The monoisotopic (exact) mass is 487 g/mol. The number of likely N-dealkylation sites (tertiary alicyclic amines) is 1. The van der Waals surface area contributed by atoms with Crippen molar-refractivity contribution >= 4 is 34.4 Å². The van der Waals surface area contributed by atoms with Crippen molar-refractivity contribution in [1.29, 1.82) is 0 Å². The molecule has 1 aliphatic heterocycles. The molecule has 0 aromatic carbocycles. The molecule has 0 aliphatic carbocycles. The molecule has 1 atom stereocenters. The Morgan fingerprint density at radius 1 is 1.26 bits per heavy atom. The van der Waals surface area contributed by atoms with Crippen molar-refractivity contribution in [3.8, 4) is 11.3 Å². The van der Waals surface area contributed by atoms with Gasteiger partial charge in [-0.15, -0.1) is 5.10 Å². The summed E-state index contributed by atoms with van der Waals surface area (Å²) in [6, 6.07) is 4.20. The van der Waals surface area contributed by atoms with Crippen LogP contribution in [0.25, 0.3) is 27.9 Å². The van der Waals surface area contributed by atoms with Crippen molar-refractivity contribution in [2.75, 3.05) is 37.4 Å². The van der Waals surface area contributed by atoms with Gasteiger partial charge in [0.1, 0.15) is 17.7 Å². The van der Waals surface area contributed by atoms with E-state index < -0.39 is 25.2 Å². The molecule has 13 heteroatoms. The summed E-state index contributed by atoms with van der Waals surface area (Å²) < 4.78 is 45.5. The van der Waals surface area contributed by atoms with Crippen LogP contribution in [0.4, 0.5) is 24.9 Å². The number of hydrogen-bond acceptors (Lipinski definition) is 7.